The zero-order valence-electron chi connectivity index (χ0n) is 13.4. The number of aromatic nitrogens is 2. The van der Waals surface area contributed by atoms with Crippen molar-refractivity contribution >= 4 is 0 Å². The Bertz CT molecular complexity index is 552. The van der Waals surface area contributed by atoms with Crippen molar-refractivity contribution < 1.29 is 4.74 Å². The lowest BCUT2D eigenvalue weighted by Crippen LogP contribution is -2.35. The van der Waals surface area contributed by atoms with E-state index < -0.39 is 0 Å². The van der Waals surface area contributed by atoms with E-state index in [2.05, 4.69) is 54.1 Å². The number of benzene rings is 1. The van der Waals surface area contributed by atoms with Gasteiger partial charge in [-0.2, -0.15) is 5.10 Å². The van der Waals surface area contributed by atoms with Gasteiger partial charge < -0.3 is 10.1 Å². The van der Waals surface area contributed by atoms with E-state index in [0.29, 0.717) is 0 Å². The van der Waals surface area contributed by atoms with Crippen molar-refractivity contribution in [1.82, 2.24) is 15.1 Å². The van der Waals surface area contributed by atoms with Crippen LogP contribution in [0.25, 0.3) is 0 Å². The fourth-order valence-corrected chi connectivity index (χ4v) is 2.09. The zero-order valence-corrected chi connectivity index (χ0v) is 13.4. The molecule has 21 heavy (non-hydrogen) atoms. The summed E-state index contributed by atoms with van der Waals surface area (Å²) in [6, 6.07) is 10.3. The average Bonchev–Trinajstić information content (AvgIpc) is 2.90. The number of methoxy groups -OCH3 is 1. The van der Waals surface area contributed by atoms with Crippen molar-refractivity contribution in [3.63, 3.8) is 0 Å². The van der Waals surface area contributed by atoms with Crippen LogP contribution in [0.4, 0.5) is 0 Å². The van der Waals surface area contributed by atoms with Gasteiger partial charge in [0.05, 0.1) is 12.8 Å². The van der Waals surface area contributed by atoms with E-state index in [-0.39, 0.29) is 5.54 Å². The molecule has 0 amide bonds. The van der Waals surface area contributed by atoms with Crippen LogP contribution in [0.15, 0.2) is 36.5 Å². The summed E-state index contributed by atoms with van der Waals surface area (Å²) in [4.78, 5) is 0. The molecule has 2 aromatic rings. The Labute approximate surface area is 127 Å². The summed E-state index contributed by atoms with van der Waals surface area (Å²) >= 11 is 0. The van der Waals surface area contributed by atoms with Gasteiger partial charge in [-0.1, -0.05) is 12.1 Å². The van der Waals surface area contributed by atoms with Gasteiger partial charge in [0.1, 0.15) is 5.75 Å². The minimum atomic E-state index is 0.116. The largest absolute Gasteiger partial charge is 0.497 e. The molecule has 1 aromatic heterocycles. The standard InChI is InChI=1S/C17H25N3O/c1-17(2,3)18-13-15-9-11-19-20(15)12-10-14-5-7-16(21-4)8-6-14/h5-9,11,18H,10,12-13H2,1-4H3. The van der Waals surface area contributed by atoms with Gasteiger partial charge in [-0.05, 0) is 51.0 Å². The van der Waals surface area contributed by atoms with E-state index in [1.54, 1.807) is 7.11 Å². The first kappa shape index (κ1) is 15.6. The Kier molecular flexibility index (Phi) is 5.02. The first-order valence-corrected chi connectivity index (χ1v) is 7.36. The summed E-state index contributed by atoms with van der Waals surface area (Å²) in [6.07, 6.45) is 2.84. The highest BCUT2D eigenvalue weighted by molar-refractivity contribution is 5.27. The minimum Gasteiger partial charge on any atom is -0.497 e. The van der Waals surface area contributed by atoms with Gasteiger partial charge in [-0.25, -0.2) is 0 Å². The van der Waals surface area contributed by atoms with Crippen molar-refractivity contribution in [2.24, 2.45) is 0 Å². The van der Waals surface area contributed by atoms with E-state index in [1.165, 1.54) is 11.3 Å². The molecule has 4 nitrogen and oxygen atoms in total. The lowest BCUT2D eigenvalue weighted by atomic mass is 10.1. The summed E-state index contributed by atoms with van der Waals surface area (Å²) in [5, 5.41) is 7.92. The Morgan fingerprint density at radius 2 is 1.86 bits per heavy atom. The molecule has 0 bridgehead atoms. The maximum atomic E-state index is 5.18. The summed E-state index contributed by atoms with van der Waals surface area (Å²) < 4.78 is 7.25. The second kappa shape index (κ2) is 6.76. The molecule has 0 spiro atoms. The average molecular weight is 287 g/mol. The van der Waals surface area contributed by atoms with Gasteiger partial charge in [0.2, 0.25) is 0 Å². The summed E-state index contributed by atoms with van der Waals surface area (Å²) in [5.41, 5.74) is 2.63. The molecule has 0 aliphatic rings. The summed E-state index contributed by atoms with van der Waals surface area (Å²) in [7, 11) is 1.69. The van der Waals surface area contributed by atoms with E-state index in [4.69, 9.17) is 4.74 Å². The monoisotopic (exact) mass is 287 g/mol. The normalized spacial score (nSPS) is 11.6. The van der Waals surface area contributed by atoms with Crippen molar-refractivity contribution in [3.05, 3.63) is 47.8 Å². The summed E-state index contributed by atoms with van der Waals surface area (Å²) in [6.45, 7) is 8.24. The second-order valence-corrected chi connectivity index (χ2v) is 6.25. The molecule has 114 valence electrons. The number of aryl methyl sites for hydroxylation is 2. The lowest BCUT2D eigenvalue weighted by Gasteiger charge is -2.20. The lowest BCUT2D eigenvalue weighted by molar-refractivity contribution is 0.411. The maximum absolute atomic E-state index is 5.18. The Morgan fingerprint density at radius 1 is 1.14 bits per heavy atom. The first-order chi connectivity index (χ1) is 9.98. The fourth-order valence-electron chi connectivity index (χ4n) is 2.09. The molecule has 0 aliphatic carbocycles. The molecule has 1 N–H and O–H groups in total. The second-order valence-electron chi connectivity index (χ2n) is 6.25. The highest BCUT2D eigenvalue weighted by Crippen LogP contribution is 2.12. The van der Waals surface area contributed by atoms with Crippen LogP contribution >= 0.6 is 0 Å². The number of hydrogen-bond donors (Lipinski definition) is 1. The van der Waals surface area contributed by atoms with E-state index in [0.717, 1.165) is 25.3 Å². The van der Waals surface area contributed by atoms with Crippen molar-refractivity contribution in [2.45, 2.75) is 45.8 Å². The molecule has 2 rings (SSSR count). The molecule has 0 atom stereocenters. The quantitative estimate of drug-likeness (QED) is 0.887. The minimum absolute atomic E-state index is 0.116. The van der Waals surface area contributed by atoms with Crippen LogP contribution in [0.5, 0.6) is 5.75 Å². The number of nitrogens with one attached hydrogen (secondary N) is 1. The van der Waals surface area contributed by atoms with Crippen molar-refractivity contribution in [3.8, 4) is 5.75 Å². The van der Waals surface area contributed by atoms with Crippen LogP contribution in [0.1, 0.15) is 32.0 Å². The topological polar surface area (TPSA) is 39.1 Å². The van der Waals surface area contributed by atoms with Gasteiger partial charge >= 0.3 is 0 Å². The molecule has 0 unspecified atom stereocenters. The van der Waals surface area contributed by atoms with Crippen LogP contribution < -0.4 is 10.1 Å². The molecule has 1 aromatic carbocycles. The third-order valence-electron chi connectivity index (χ3n) is 3.38. The third-order valence-corrected chi connectivity index (χ3v) is 3.38. The molecule has 4 heteroatoms. The smallest absolute Gasteiger partial charge is 0.118 e. The molecule has 0 aliphatic heterocycles. The summed E-state index contributed by atoms with van der Waals surface area (Å²) in [5.74, 6) is 0.896. The number of nitrogens with zero attached hydrogens (tertiary/aromatic N) is 2. The molecule has 0 fully saturated rings. The van der Waals surface area contributed by atoms with Crippen LogP contribution in [0, 0.1) is 0 Å². The third kappa shape index (κ3) is 4.90. The first-order valence-electron chi connectivity index (χ1n) is 7.36. The molecule has 0 saturated carbocycles. The highest BCUT2D eigenvalue weighted by Gasteiger charge is 2.10. The van der Waals surface area contributed by atoms with Gasteiger partial charge in [0, 0.05) is 24.8 Å². The van der Waals surface area contributed by atoms with Crippen LogP contribution in [0.2, 0.25) is 0 Å². The Balaban J connectivity index is 1.92. The number of ether oxygens (including phenoxy) is 1. The van der Waals surface area contributed by atoms with Gasteiger partial charge in [0.25, 0.3) is 0 Å². The maximum Gasteiger partial charge on any atom is 0.118 e. The molecule has 0 radical (unpaired) electrons. The van der Waals surface area contributed by atoms with Crippen molar-refractivity contribution in [1.29, 1.82) is 0 Å². The van der Waals surface area contributed by atoms with Gasteiger partial charge in [-0.3, -0.25) is 4.68 Å². The van der Waals surface area contributed by atoms with Crippen LogP contribution in [-0.2, 0) is 19.5 Å². The Hall–Kier alpha value is -1.81. The molecular weight excluding hydrogens is 262 g/mol. The molecule has 0 saturated heterocycles. The Morgan fingerprint density at radius 3 is 2.48 bits per heavy atom. The van der Waals surface area contributed by atoms with E-state index >= 15 is 0 Å². The number of hydrogen-bond acceptors (Lipinski definition) is 3. The zero-order chi connectivity index (χ0) is 15.3. The van der Waals surface area contributed by atoms with E-state index in [9.17, 15) is 0 Å². The molecular formula is C17H25N3O. The molecule has 1 heterocycles. The number of rotatable bonds is 6. The van der Waals surface area contributed by atoms with Gasteiger partial charge in [-0.15, -0.1) is 0 Å². The van der Waals surface area contributed by atoms with Crippen molar-refractivity contribution in [2.75, 3.05) is 7.11 Å². The highest BCUT2D eigenvalue weighted by atomic mass is 16.5. The SMILES string of the molecule is COc1ccc(CCn2nccc2CNC(C)(C)C)cc1. The predicted molar refractivity (Wildman–Crippen MR) is 85.5 cm³/mol. The van der Waals surface area contributed by atoms with Crippen LogP contribution in [-0.4, -0.2) is 22.4 Å². The van der Waals surface area contributed by atoms with Crippen LogP contribution in [0.3, 0.4) is 0 Å². The van der Waals surface area contributed by atoms with Gasteiger partial charge in [0.15, 0.2) is 0 Å². The predicted octanol–water partition coefficient (Wildman–Crippen LogP) is 3.02. The fraction of sp³-hybridized carbons (Fsp3) is 0.471. The van der Waals surface area contributed by atoms with E-state index in [1.807, 2.05) is 18.3 Å².